The second kappa shape index (κ2) is 15.0. The number of urea groups is 1. The van der Waals surface area contributed by atoms with Crippen LogP contribution in [-0.4, -0.2) is 19.0 Å². The van der Waals surface area contributed by atoms with Crippen LogP contribution in [0.1, 0.15) is 71.1 Å². The Morgan fingerprint density at radius 1 is 0.846 bits per heavy atom. The highest BCUT2D eigenvalue weighted by Crippen LogP contribution is 2.13. The number of rotatable bonds is 15. The molecular formula is C20H34N4O2. The number of carbonyl (C=O) groups excluding carboxylic acids is 2. The molecular weight excluding hydrogens is 328 g/mol. The van der Waals surface area contributed by atoms with Crippen LogP contribution in [0.5, 0.6) is 0 Å². The zero-order valence-electron chi connectivity index (χ0n) is 16.0. The van der Waals surface area contributed by atoms with E-state index in [1.54, 1.807) is 24.3 Å². The molecule has 6 nitrogen and oxygen atoms in total. The minimum atomic E-state index is -0.187. The van der Waals surface area contributed by atoms with E-state index in [1.165, 1.54) is 57.8 Å². The number of carbonyl (C=O) groups is 2. The number of unbranched alkanes of at least 4 members (excludes halogenated alkanes) is 9. The van der Waals surface area contributed by atoms with Crippen LogP contribution in [0.25, 0.3) is 0 Å². The summed E-state index contributed by atoms with van der Waals surface area (Å²) in [5.41, 5.74) is 6.52. The van der Waals surface area contributed by atoms with Gasteiger partial charge in [-0.05, 0) is 30.7 Å². The summed E-state index contributed by atoms with van der Waals surface area (Å²) in [4.78, 5) is 22.0. The van der Waals surface area contributed by atoms with Gasteiger partial charge in [0, 0.05) is 12.2 Å². The minimum absolute atomic E-state index is 0.187. The second-order valence-electron chi connectivity index (χ2n) is 6.53. The fourth-order valence-electron chi connectivity index (χ4n) is 2.74. The normalized spacial score (nSPS) is 10.2. The Morgan fingerprint density at radius 3 is 1.96 bits per heavy atom. The predicted octanol–water partition coefficient (Wildman–Crippen LogP) is 4.80. The molecule has 146 valence electrons. The van der Waals surface area contributed by atoms with Crippen LogP contribution in [0.4, 0.5) is 16.2 Å². The maximum Gasteiger partial charge on any atom is 0.319 e. The van der Waals surface area contributed by atoms with Crippen molar-refractivity contribution < 1.29 is 9.59 Å². The third kappa shape index (κ3) is 11.3. The average molecular weight is 363 g/mol. The van der Waals surface area contributed by atoms with Crippen molar-refractivity contribution in [2.45, 2.75) is 71.1 Å². The van der Waals surface area contributed by atoms with Crippen molar-refractivity contribution in [1.29, 1.82) is 0 Å². The molecule has 0 bridgehead atoms. The van der Waals surface area contributed by atoms with Gasteiger partial charge in [0.2, 0.25) is 6.41 Å². The molecule has 1 aromatic rings. The molecule has 0 spiro atoms. The molecule has 0 aliphatic heterocycles. The van der Waals surface area contributed by atoms with Crippen molar-refractivity contribution in [3.8, 4) is 0 Å². The van der Waals surface area contributed by atoms with Gasteiger partial charge in [-0.3, -0.25) is 15.6 Å². The van der Waals surface area contributed by atoms with E-state index in [1.807, 2.05) is 0 Å². The summed E-state index contributed by atoms with van der Waals surface area (Å²) in [5.74, 6) is 0. The molecule has 4 N–H and O–H groups in total. The van der Waals surface area contributed by atoms with E-state index in [2.05, 4.69) is 28.4 Å². The van der Waals surface area contributed by atoms with Crippen molar-refractivity contribution in [3.63, 3.8) is 0 Å². The number of hydrogen-bond acceptors (Lipinski definition) is 3. The molecule has 0 heterocycles. The molecule has 6 heteroatoms. The Labute approximate surface area is 157 Å². The fraction of sp³-hybridized carbons (Fsp3) is 0.600. The van der Waals surface area contributed by atoms with Gasteiger partial charge in [0.05, 0.1) is 5.69 Å². The second-order valence-corrected chi connectivity index (χ2v) is 6.53. The fourth-order valence-corrected chi connectivity index (χ4v) is 2.74. The molecule has 0 atom stereocenters. The van der Waals surface area contributed by atoms with Gasteiger partial charge in [0.15, 0.2) is 0 Å². The third-order valence-corrected chi connectivity index (χ3v) is 4.23. The zero-order valence-corrected chi connectivity index (χ0v) is 16.0. The summed E-state index contributed by atoms with van der Waals surface area (Å²) >= 11 is 0. The first kappa shape index (κ1) is 21.8. The van der Waals surface area contributed by atoms with Gasteiger partial charge in [0.1, 0.15) is 0 Å². The van der Waals surface area contributed by atoms with E-state index in [0.717, 1.165) is 12.1 Å². The molecule has 1 aromatic carbocycles. The highest BCUT2D eigenvalue weighted by molar-refractivity contribution is 5.89. The highest BCUT2D eigenvalue weighted by atomic mass is 16.2. The van der Waals surface area contributed by atoms with Crippen LogP contribution in [0.15, 0.2) is 24.3 Å². The van der Waals surface area contributed by atoms with Gasteiger partial charge >= 0.3 is 6.03 Å². The molecule has 0 aliphatic rings. The molecule has 0 saturated carbocycles. The summed E-state index contributed by atoms with van der Waals surface area (Å²) in [7, 11) is 0. The van der Waals surface area contributed by atoms with Crippen molar-refractivity contribution in [2.24, 2.45) is 0 Å². The monoisotopic (exact) mass is 362 g/mol. The summed E-state index contributed by atoms with van der Waals surface area (Å²) < 4.78 is 0. The lowest BCUT2D eigenvalue weighted by molar-refractivity contribution is -0.109. The number of anilines is 2. The van der Waals surface area contributed by atoms with E-state index in [-0.39, 0.29) is 6.03 Å². The number of nitrogens with one attached hydrogen (secondary N) is 4. The Hall–Kier alpha value is -2.24. The van der Waals surface area contributed by atoms with E-state index in [0.29, 0.717) is 18.6 Å². The van der Waals surface area contributed by atoms with E-state index in [4.69, 9.17) is 0 Å². The number of hydrogen-bond donors (Lipinski definition) is 4. The lowest BCUT2D eigenvalue weighted by atomic mass is 10.1. The van der Waals surface area contributed by atoms with Crippen molar-refractivity contribution in [2.75, 3.05) is 17.3 Å². The van der Waals surface area contributed by atoms with Gasteiger partial charge < -0.3 is 10.6 Å². The SMILES string of the molecule is CCCCCCCCCCCCNC(=O)Nc1ccc(NNC=O)cc1. The minimum Gasteiger partial charge on any atom is -0.338 e. The van der Waals surface area contributed by atoms with Crippen molar-refractivity contribution >= 4 is 23.8 Å². The summed E-state index contributed by atoms with van der Waals surface area (Å²) in [6, 6.07) is 6.90. The van der Waals surface area contributed by atoms with E-state index in [9.17, 15) is 9.59 Å². The van der Waals surface area contributed by atoms with Crippen LogP contribution in [0, 0.1) is 0 Å². The molecule has 0 unspecified atom stereocenters. The van der Waals surface area contributed by atoms with Crippen LogP contribution in [0.3, 0.4) is 0 Å². The van der Waals surface area contributed by atoms with Gasteiger partial charge in [-0.1, -0.05) is 64.7 Å². The average Bonchev–Trinajstić information content (AvgIpc) is 2.65. The van der Waals surface area contributed by atoms with Crippen LogP contribution in [0.2, 0.25) is 0 Å². The summed E-state index contributed by atoms with van der Waals surface area (Å²) in [6.45, 7) is 2.95. The molecule has 0 aromatic heterocycles. The smallest absolute Gasteiger partial charge is 0.319 e. The molecule has 3 amide bonds. The van der Waals surface area contributed by atoms with Crippen molar-refractivity contribution in [1.82, 2.24) is 10.7 Å². The third-order valence-electron chi connectivity index (χ3n) is 4.23. The van der Waals surface area contributed by atoms with E-state index < -0.39 is 0 Å². The highest BCUT2D eigenvalue weighted by Gasteiger charge is 2.01. The Bertz CT molecular complexity index is 491. The first-order chi connectivity index (χ1) is 12.8. The molecule has 1 rings (SSSR count). The number of benzene rings is 1. The lowest BCUT2D eigenvalue weighted by Crippen LogP contribution is -2.29. The Balaban J connectivity index is 1.99. The molecule has 0 fully saturated rings. The number of amides is 3. The molecule has 0 saturated heterocycles. The topological polar surface area (TPSA) is 82.3 Å². The quantitative estimate of drug-likeness (QED) is 0.205. The largest absolute Gasteiger partial charge is 0.338 e. The van der Waals surface area contributed by atoms with Crippen molar-refractivity contribution in [3.05, 3.63) is 24.3 Å². The lowest BCUT2D eigenvalue weighted by Gasteiger charge is -2.09. The van der Waals surface area contributed by atoms with Gasteiger partial charge in [0.25, 0.3) is 0 Å². The van der Waals surface area contributed by atoms with Crippen LogP contribution < -0.4 is 21.5 Å². The molecule has 0 radical (unpaired) electrons. The Morgan fingerprint density at radius 2 is 1.38 bits per heavy atom. The maximum absolute atomic E-state index is 11.8. The first-order valence-electron chi connectivity index (χ1n) is 9.86. The summed E-state index contributed by atoms with van der Waals surface area (Å²) in [5, 5.41) is 5.67. The number of hydrazine groups is 1. The van der Waals surface area contributed by atoms with E-state index >= 15 is 0 Å². The standard InChI is InChI=1S/C20H34N4O2/c1-2-3-4-5-6-7-8-9-10-11-16-21-20(26)23-18-12-14-19(15-13-18)24-22-17-25/h12-15,17,24H,2-11,16H2,1H3,(H,22,25)(H2,21,23,26). The summed E-state index contributed by atoms with van der Waals surface area (Å²) in [6.07, 6.45) is 13.4. The molecule has 26 heavy (non-hydrogen) atoms. The predicted molar refractivity (Wildman–Crippen MR) is 108 cm³/mol. The van der Waals surface area contributed by atoms with Crippen LogP contribution >= 0.6 is 0 Å². The zero-order chi connectivity index (χ0) is 18.9. The maximum atomic E-state index is 11.8. The van der Waals surface area contributed by atoms with Gasteiger partial charge in [-0.25, -0.2) is 4.79 Å². The van der Waals surface area contributed by atoms with Gasteiger partial charge in [-0.2, -0.15) is 0 Å². The first-order valence-corrected chi connectivity index (χ1v) is 9.86. The van der Waals surface area contributed by atoms with Gasteiger partial charge in [-0.15, -0.1) is 0 Å². The Kier molecular flexibility index (Phi) is 12.6. The molecule has 0 aliphatic carbocycles. The van der Waals surface area contributed by atoms with Crippen LogP contribution in [-0.2, 0) is 4.79 Å².